The van der Waals surface area contributed by atoms with Crippen molar-refractivity contribution in [3.63, 3.8) is 0 Å². The predicted molar refractivity (Wildman–Crippen MR) is 107 cm³/mol. The number of carbonyl (C=O) groups is 2. The maximum atomic E-state index is 13.1. The topological polar surface area (TPSA) is 79.2 Å². The fourth-order valence-electron chi connectivity index (χ4n) is 4.44. The molecule has 0 heterocycles. The van der Waals surface area contributed by atoms with Gasteiger partial charge in [-0.15, -0.1) is 0 Å². The van der Waals surface area contributed by atoms with E-state index in [0.29, 0.717) is 30.7 Å². The zero-order valence-electron chi connectivity index (χ0n) is 16.3. The van der Waals surface area contributed by atoms with Gasteiger partial charge in [0.1, 0.15) is 5.54 Å². The SMILES string of the molecule is CC(OC(=O)C1(c2ccc(Cl)cc2)CCCC1)C(=O)NC1(C#N)CCCCC1. The van der Waals surface area contributed by atoms with E-state index in [-0.39, 0.29) is 5.97 Å². The summed E-state index contributed by atoms with van der Waals surface area (Å²) in [6.45, 7) is 1.58. The van der Waals surface area contributed by atoms with E-state index >= 15 is 0 Å². The Morgan fingerprint density at radius 1 is 1.07 bits per heavy atom. The van der Waals surface area contributed by atoms with Crippen LogP contribution in [0.3, 0.4) is 0 Å². The second-order valence-corrected chi connectivity index (χ2v) is 8.52. The van der Waals surface area contributed by atoms with Gasteiger partial charge in [0.15, 0.2) is 6.10 Å². The van der Waals surface area contributed by atoms with E-state index in [2.05, 4.69) is 11.4 Å². The van der Waals surface area contributed by atoms with Gasteiger partial charge < -0.3 is 10.1 Å². The third-order valence-corrected chi connectivity index (χ3v) is 6.43. The van der Waals surface area contributed by atoms with Gasteiger partial charge >= 0.3 is 5.97 Å². The van der Waals surface area contributed by atoms with Gasteiger partial charge in [-0.05, 0) is 50.3 Å². The number of carbonyl (C=O) groups excluding carboxylic acids is 2. The molecule has 0 bridgehead atoms. The predicted octanol–water partition coefficient (Wildman–Crippen LogP) is 4.43. The second kappa shape index (κ2) is 8.53. The van der Waals surface area contributed by atoms with Gasteiger partial charge in [0.2, 0.25) is 0 Å². The highest BCUT2D eigenvalue weighted by atomic mass is 35.5. The van der Waals surface area contributed by atoms with Crippen molar-refractivity contribution in [3.05, 3.63) is 34.9 Å². The van der Waals surface area contributed by atoms with Crippen LogP contribution in [0.1, 0.15) is 70.3 Å². The third-order valence-electron chi connectivity index (χ3n) is 6.18. The number of benzene rings is 1. The van der Waals surface area contributed by atoms with Crippen LogP contribution in [0, 0.1) is 11.3 Å². The number of halogens is 1. The number of nitriles is 1. The summed E-state index contributed by atoms with van der Waals surface area (Å²) < 4.78 is 5.62. The summed E-state index contributed by atoms with van der Waals surface area (Å²) in [7, 11) is 0. The highest BCUT2D eigenvalue weighted by Gasteiger charge is 2.45. The Morgan fingerprint density at radius 3 is 2.21 bits per heavy atom. The molecular weight excluding hydrogens is 376 g/mol. The van der Waals surface area contributed by atoms with E-state index in [4.69, 9.17) is 16.3 Å². The molecule has 2 aliphatic rings. The molecule has 1 unspecified atom stereocenters. The Kier molecular flexibility index (Phi) is 6.30. The lowest BCUT2D eigenvalue weighted by molar-refractivity contribution is -0.161. The summed E-state index contributed by atoms with van der Waals surface area (Å²) in [4.78, 5) is 25.8. The van der Waals surface area contributed by atoms with Gasteiger partial charge in [-0.1, -0.05) is 55.8 Å². The number of hydrogen-bond donors (Lipinski definition) is 1. The van der Waals surface area contributed by atoms with Crippen molar-refractivity contribution in [2.75, 3.05) is 0 Å². The molecule has 6 heteroatoms. The molecule has 0 saturated heterocycles. The maximum absolute atomic E-state index is 13.1. The molecule has 150 valence electrons. The standard InChI is InChI=1S/C22H27ClN2O3/c1-16(19(26)25-21(15-24)11-3-2-4-12-21)28-20(27)22(13-5-6-14-22)17-7-9-18(23)10-8-17/h7-10,16H,2-6,11-14H2,1H3,(H,25,26). The summed E-state index contributed by atoms with van der Waals surface area (Å²) in [5.41, 5.74) is -0.679. The molecule has 2 saturated carbocycles. The van der Waals surface area contributed by atoms with Gasteiger partial charge in [-0.2, -0.15) is 5.26 Å². The van der Waals surface area contributed by atoms with Crippen molar-refractivity contribution in [2.45, 2.75) is 81.8 Å². The minimum absolute atomic E-state index is 0.371. The molecule has 0 aromatic heterocycles. The van der Waals surface area contributed by atoms with Crippen LogP contribution in [0.4, 0.5) is 0 Å². The van der Waals surface area contributed by atoms with Gasteiger partial charge in [0.05, 0.1) is 11.5 Å². The number of ether oxygens (including phenoxy) is 1. The highest BCUT2D eigenvalue weighted by molar-refractivity contribution is 6.30. The van der Waals surface area contributed by atoms with E-state index in [9.17, 15) is 14.9 Å². The lowest BCUT2D eigenvalue weighted by Gasteiger charge is -2.33. The number of nitrogens with zero attached hydrogens (tertiary/aromatic N) is 1. The number of nitrogens with one attached hydrogen (secondary N) is 1. The van der Waals surface area contributed by atoms with Crippen LogP contribution in [0.25, 0.3) is 0 Å². The highest BCUT2D eigenvalue weighted by Crippen LogP contribution is 2.42. The monoisotopic (exact) mass is 402 g/mol. The molecule has 1 aromatic carbocycles. The number of esters is 1. The summed E-state index contributed by atoms with van der Waals surface area (Å²) >= 11 is 5.99. The van der Waals surface area contributed by atoms with Crippen LogP contribution in [-0.2, 0) is 19.7 Å². The van der Waals surface area contributed by atoms with E-state index in [1.807, 2.05) is 12.1 Å². The largest absolute Gasteiger partial charge is 0.452 e. The quantitative estimate of drug-likeness (QED) is 0.739. The molecule has 1 atom stereocenters. The van der Waals surface area contributed by atoms with Gasteiger partial charge in [0, 0.05) is 5.02 Å². The third kappa shape index (κ3) is 4.17. The summed E-state index contributed by atoms with van der Waals surface area (Å²) in [6, 6.07) is 9.56. The van der Waals surface area contributed by atoms with Crippen molar-refractivity contribution in [3.8, 4) is 6.07 Å². The average molecular weight is 403 g/mol. The second-order valence-electron chi connectivity index (χ2n) is 8.09. The van der Waals surface area contributed by atoms with Crippen molar-refractivity contribution in [2.24, 2.45) is 0 Å². The van der Waals surface area contributed by atoms with Gasteiger partial charge in [0.25, 0.3) is 5.91 Å². The van der Waals surface area contributed by atoms with Gasteiger partial charge in [-0.3, -0.25) is 9.59 Å². The molecule has 2 aliphatic carbocycles. The normalized spacial score (nSPS) is 21.3. The molecule has 1 aromatic rings. The van der Waals surface area contributed by atoms with Gasteiger partial charge in [-0.25, -0.2) is 0 Å². The van der Waals surface area contributed by atoms with Crippen molar-refractivity contribution < 1.29 is 14.3 Å². The molecule has 1 amide bonds. The molecule has 0 radical (unpaired) electrons. The average Bonchev–Trinajstić information content (AvgIpc) is 3.20. The van der Waals surface area contributed by atoms with Crippen LogP contribution in [-0.4, -0.2) is 23.5 Å². The maximum Gasteiger partial charge on any atom is 0.317 e. The number of hydrogen-bond acceptors (Lipinski definition) is 4. The molecule has 2 fully saturated rings. The summed E-state index contributed by atoms with van der Waals surface area (Å²) in [5.74, 6) is -0.773. The van der Waals surface area contributed by atoms with Crippen LogP contribution in [0.2, 0.25) is 5.02 Å². The number of amides is 1. The lowest BCUT2D eigenvalue weighted by atomic mass is 9.79. The molecule has 5 nitrogen and oxygen atoms in total. The minimum Gasteiger partial charge on any atom is -0.452 e. The Bertz CT molecular complexity index is 757. The van der Waals surface area contributed by atoms with Crippen molar-refractivity contribution >= 4 is 23.5 Å². The lowest BCUT2D eigenvalue weighted by Crippen LogP contribution is -2.52. The first-order chi connectivity index (χ1) is 13.4. The summed E-state index contributed by atoms with van der Waals surface area (Å²) in [6.07, 6.45) is 6.54. The van der Waals surface area contributed by atoms with E-state index in [1.165, 1.54) is 0 Å². The smallest absolute Gasteiger partial charge is 0.317 e. The molecule has 0 spiro atoms. The first-order valence-electron chi connectivity index (χ1n) is 10.1. The van der Waals surface area contributed by atoms with E-state index in [0.717, 1.165) is 37.7 Å². The molecular formula is C22H27ClN2O3. The summed E-state index contributed by atoms with van der Waals surface area (Å²) in [5, 5.41) is 13.0. The van der Waals surface area contributed by atoms with Crippen LogP contribution in [0.5, 0.6) is 0 Å². The van der Waals surface area contributed by atoms with E-state index < -0.39 is 23.0 Å². The van der Waals surface area contributed by atoms with Crippen LogP contribution in [0.15, 0.2) is 24.3 Å². The fraction of sp³-hybridized carbons (Fsp3) is 0.591. The molecule has 0 aliphatic heterocycles. The van der Waals surface area contributed by atoms with E-state index in [1.54, 1.807) is 19.1 Å². The van der Waals surface area contributed by atoms with Crippen LogP contribution < -0.4 is 5.32 Å². The molecule has 3 rings (SSSR count). The number of rotatable bonds is 5. The fourth-order valence-corrected chi connectivity index (χ4v) is 4.57. The van der Waals surface area contributed by atoms with Crippen molar-refractivity contribution in [1.29, 1.82) is 5.26 Å². The van der Waals surface area contributed by atoms with Crippen LogP contribution >= 0.6 is 11.6 Å². The zero-order chi connectivity index (χ0) is 20.2. The Hall–Kier alpha value is -2.06. The first-order valence-corrected chi connectivity index (χ1v) is 10.5. The Labute approximate surface area is 171 Å². The molecule has 28 heavy (non-hydrogen) atoms. The zero-order valence-corrected chi connectivity index (χ0v) is 17.1. The Morgan fingerprint density at radius 2 is 1.64 bits per heavy atom. The minimum atomic E-state index is -0.940. The van der Waals surface area contributed by atoms with Crippen molar-refractivity contribution in [1.82, 2.24) is 5.32 Å². The molecule has 1 N–H and O–H groups in total. The Balaban J connectivity index is 1.70. The first kappa shape index (κ1) is 20.7.